The Labute approximate surface area is 128 Å². The maximum atomic E-state index is 12.3. The molecule has 0 spiro atoms. The molecule has 1 N–H and O–H groups in total. The van der Waals surface area contributed by atoms with Crippen molar-refractivity contribution < 1.29 is 9.59 Å². The van der Waals surface area contributed by atoms with Gasteiger partial charge in [-0.25, -0.2) is 0 Å². The Hall–Kier alpha value is -1.36. The second kappa shape index (κ2) is 7.43. The van der Waals surface area contributed by atoms with Crippen LogP contribution in [0.2, 0.25) is 0 Å². The normalized spacial score (nSPS) is 12.1. The fourth-order valence-corrected chi connectivity index (χ4v) is 2.35. The van der Waals surface area contributed by atoms with Crippen molar-refractivity contribution in [3.05, 3.63) is 34.3 Å². The van der Waals surface area contributed by atoms with E-state index in [1.54, 1.807) is 32.3 Å². The minimum Gasteiger partial charge on any atom is -0.347 e. The molecule has 1 rings (SSSR count). The molecule has 0 aromatic heterocycles. The predicted octanol–water partition coefficient (Wildman–Crippen LogP) is 2.68. The van der Waals surface area contributed by atoms with Crippen LogP contribution in [0.4, 0.5) is 0 Å². The highest BCUT2D eigenvalue weighted by atomic mass is 79.9. The largest absolute Gasteiger partial charge is 0.347 e. The summed E-state index contributed by atoms with van der Waals surface area (Å²) in [5, 5.41) is 2.83. The zero-order valence-electron chi connectivity index (χ0n) is 12.3. The number of carbonyl (C=O) groups is 2. The molecule has 5 heteroatoms. The number of hydrogen-bond donors (Lipinski definition) is 1. The van der Waals surface area contributed by atoms with E-state index in [0.29, 0.717) is 17.9 Å². The van der Waals surface area contributed by atoms with Crippen LogP contribution in [-0.2, 0) is 4.79 Å². The number of nitrogens with zero attached hydrogens (tertiary/aromatic N) is 1. The summed E-state index contributed by atoms with van der Waals surface area (Å²) in [6.45, 7) is 4.06. The number of nitrogens with one attached hydrogen (secondary N) is 1. The molecule has 20 heavy (non-hydrogen) atoms. The molecule has 0 heterocycles. The monoisotopic (exact) mass is 340 g/mol. The van der Waals surface area contributed by atoms with E-state index in [2.05, 4.69) is 21.2 Å². The molecule has 0 saturated heterocycles. The lowest BCUT2D eigenvalue weighted by molar-refractivity contribution is -0.131. The molecule has 0 fully saturated rings. The van der Waals surface area contributed by atoms with Crippen LogP contribution in [0.1, 0.15) is 30.6 Å². The van der Waals surface area contributed by atoms with Crippen LogP contribution in [0.3, 0.4) is 0 Å². The van der Waals surface area contributed by atoms with E-state index < -0.39 is 6.04 Å². The lowest BCUT2D eigenvalue weighted by Crippen LogP contribution is -2.47. The molecule has 110 valence electrons. The molecule has 1 aromatic carbocycles. The molecule has 1 aromatic rings. The number of benzene rings is 1. The quantitative estimate of drug-likeness (QED) is 0.895. The van der Waals surface area contributed by atoms with Gasteiger partial charge in [-0.2, -0.15) is 0 Å². The highest BCUT2D eigenvalue weighted by molar-refractivity contribution is 9.10. The molecular formula is C15H21BrN2O2. The number of hydrogen-bond acceptors (Lipinski definition) is 2. The van der Waals surface area contributed by atoms with Crippen molar-refractivity contribution in [1.29, 1.82) is 0 Å². The van der Waals surface area contributed by atoms with E-state index in [4.69, 9.17) is 0 Å². The van der Waals surface area contributed by atoms with Gasteiger partial charge in [0.2, 0.25) is 5.91 Å². The fraction of sp³-hybridized carbons (Fsp3) is 0.467. The van der Waals surface area contributed by atoms with Gasteiger partial charge in [-0.05, 0) is 40.4 Å². The van der Waals surface area contributed by atoms with Gasteiger partial charge in [-0.3, -0.25) is 9.59 Å². The van der Waals surface area contributed by atoms with Gasteiger partial charge in [-0.15, -0.1) is 0 Å². The van der Waals surface area contributed by atoms with Gasteiger partial charge in [0.25, 0.3) is 5.91 Å². The SMILES string of the molecule is CC(C)CC(NC(=O)c1ccccc1Br)C(=O)N(C)C. The summed E-state index contributed by atoms with van der Waals surface area (Å²) in [5.41, 5.74) is 0.535. The molecule has 4 nitrogen and oxygen atoms in total. The average molecular weight is 341 g/mol. The van der Waals surface area contributed by atoms with Gasteiger partial charge in [0, 0.05) is 18.6 Å². The fourth-order valence-electron chi connectivity index (χ4n) is 1.89. The van der Waals surface area contributed by atoms with Crippen LogP contribution in [0.25, 0.3) is 0 Å². The van der Waals surface area contributed by atoms with E-state index in [-0.39, 0.29) is 11.8 Å². The number of carbonyl (C=O) groups excluding carboxylic acids is 2. The lowest BCUT2D eigenvalue weighted by Gasteiger charge is -2.23. The smallest absolute Gasteiger partial charge is 0.253 e. The second-order valence-electron chi connectivity index (χ2n) is 5.37. The van der Waals surface area contributed by atoms with Crippen LogP contribution < -0.4 is 5.32 Å². The van der Waals surface area contributed by atoms with Crippen LogP contribution in [0, 0.1) is 5.92 Å². The van der Waals surface area contributed by atoms with Crippen molar-refractivity contribution in [3.8, 4) is 0 Å². The molecule has 0 saturated carbocycles. The van der Waals surface area contributed by atoms with Crippen molar-refractivity contribution in [3.63, 3.8) is 0 Å². The van der Waals surface area contributed by atoms with Crippen molar-refractivity contribution in [2.75, 3.05) is 14.1 Å². The first kappa shape index (κ1) is 16.7. The number of likely N-dealkylation sites (N-methyl/N-ethyl adjacent to an activating group) is 1. The van der Waals surface area contributed by atoms with Crippen LogP contribution >= 0.6 is 15.9 Å². The highest BCUT2D eigenvalue weighted by Gasteiger charge is 2.24. The van der Waals surface area contributed by atoms with Gasteiger partial charge >= 0.3 is 0 Å². The van der Waals surface area contributed by atoms with E-state index in [9.17, 15) is 9.59 Å². The molecule has 0 aliphatic heterocycles. The van der Waals surface area contributed by atoms with E-state index in [0.717, 1.165) is 4.47 Å². The third-order valence-electron chi connectivity index (χ3n) is 2.87. The zero-order chi connectivity index (χ0) is 15.3. The number of amides is 2. The van der Waals surface area contributed by atoms with E-state index >= 15 is 0 Å². The van der Waals surface area contributed by atoms with Crippen molar-refractivity contribution in [2.24, 2.45) is 5.92 Å². The minimum absolute atomic E-state index is 0.0842. The average Bonchev–Trinajstić information content (AvgIpc) is 2.36. The Morgan fingerprint density at radius 1 is 1.25 bits per heavy atom. The maximum absolute atomic E-state index is 12.3. The summed E-state index contributed by atoms with van der Waals surface area (Å²) in [6.07, 6.45) is 0.618. The summed E-state index contributed by atoms with van der Waals surface area (Å²) in [7, 11) is 3.39. The Balaban J connectivity index is 2.87. The standard InChI is InChI=1S/C15H21BrN2O2/c1-10(2)9-13(15(20)18(3)4)17-14(19)11-7-5-6-8-12(11)16/h5-8,10,13H,9H2,1-4H3,(H,17,19). The first-order valence-electron chi connectivity index (χ1n) is 6.59. The summed E-state index contributed by atoms with van der Waals surface area (Å²) >= 11 is 3.35. The highest BCUT2D eigenvalue weighted by Crippen LogP contribution is 2.16. The molecule has 1 atom stereocenters. The molecule has 0 aliphatic carbocycles. The Bertz CT molecular complexity index is 487. The number of halogens is 1. The second-order valence-corrected chi connectivity index (χ2v) is 6.22. The lowest BCUT2D eigenvalue weighted by atomic mass is 10.0. The zero-order valence-corrected chi connectivity index (χ0v) is 13.9. The van der Waals surface area contributed by atoms with Crippen LogP contribution in [-0.4, -0.2) is 36.9 Å². The Morgan fingerprint density at radius 3 is 2.35 bits per heavy atom. The molecule has 1 unspecified atom stereocenters. The predicted molar refractivity (Wildman–Crippen MR) is 83.5 cm³/mol. The van der Waals surface area contributed by atoms with Crippen molar-refractivity contribution in [2.45, 2.75) is 26.3 Å². The van der Waals surface area contributed by atoms with Gasteiger partial charge < -0.3 is 10.2 Å². The number of rotatable bonds is 5. The molecule has 0 bridgehead atoms. The summed E-state index contributed by atoms with van der Waals surface area (Å²) in [5.74, 6) is 0.000780. The van der Waals surface area contributed by atoms with Gasteiger partial charge in [0.1, 0.15) is 6.04 Å². The summed E-state index contributed by atoms with van der Waals surface area (Å²) in [6, 6.07) is 6.68. The van der Waals surface area contributed by atoms with Gasteiger partial charge in [0.15, 0.2) is 0 Å². The van der Waals surface area contributed by atoms with Gasteiger partial charge in [-0.1, -0.05) is 26.0 Å². The Morgan fingerprint density at radius 2 is 1.85 bits per heavy atom. The molecule has 0 radical (unpaired) electrons. The van der Waals surface area contributed by atoms with Crippen molar-refractivity contribution >= 4 is 27.7 Å². The minimum atomic E-state index is -0.496. The van der Waals surface area contributed by atoms with Crippen LogP contribution in [0.5, 0.6) is 0 Å². The molecule has 2 amide bonds. The molecular weight excluding hydrogens is 320 g/mol. The first-order valence-corrected chi connectivity index (χ1v) is 7.38. The van der Waals surface area contributed by atoms with E-state index in [1.807, 2.05) is 19.9 Å². The Kier molecular flexibility index (Phi) is 6.20. The molecule has 0 aliphatic rings. The summed E-state index contributed by atoms with van der Waals surface area (Å²) < 4.78 is 0.720. The van der Waals surface area contributed by atoms with E-state index in [1.165, 1.54) is 4.90 Å². The third-order valence-corrected chi connectivity index (χ3v) is 3.56. The third kappa shape index (κ3) is 4.63. The van der Waals surface area contributed by atoms with Crippen molar-refractivity contribution in [1.82, 2.24) is 10.2 Å². The van der Waals surface area contributed by atoms with Gasteiger partial charge in [0.05, 0.1) is 5.56 Å². The summed E-state index contributed by atoms with van der Waals surface area (Å²) in [4.78, 5) is 25.9. The maximum Gasteiger partial charge on any atom is 0.253 e. The topological polar surface area (TPSA) is 49.4 Å². The van der Waals surface area contributed by atoms with Crippen LogP contribution in [0.15, 0.2) is 28.7 Å². The first-order chi connectivity index (χ1) is 9.32.